The molecule has 0 radical (unpaired) electrons. The lowest BCUT2D eigenvalue weighted by atomic mass is 10.1. The van der Waals surface area contributed by atoms with Gasteiger partial charge in [0.05, 0.1) is 27.9 Å². The number of hydrazone groups is 1. The molecule has 2 heterocycles. The highest BCUT2D eigenvalue weighted by Gasteiger charge is 2.46. The van der Waals surface area contributed by atoms with E-state index in [-0.39, 0.29) is 29.1 Å². The van der Waals surface area contributed by atoms with Crippen LogP contribution < -0.4 is 9.47 Å². The molecule has 0 saturated heterocycles. The third-order valence-corrected chi connectivity index (χ3v) is 6.52. The van der Waals surface area contributed by atoms with Gasteiger partial charge in [0.15, 0.2) is 17.3 Å². The Morgan fingerprint density at radius 1 is 1.31 bits per heavy atom. The van der Waals surface area contributed by atoms with Crippen LogP contribution in [0.3, 0.4) is 0 Å². The summed E-state index contributed by atoms with van der Waals surface area (Å²) in [4.78, 5) is 16.1. The third-order valence-electron chi connectivity index (χ3n) is 4.77. The lowest BCUT2D eigenvalue weighted by Gasteiger charge is -2.20. The summed E-state index contributed by atoms with van der Waals surface area (Å²) in [5, 5.41) is 20.0. The van der Waals surface area contributed by atoms with E-state index in [1.165, 1.54) is 13.2 Å². The quantitative estimate of drug-likeness (QED) is 0.379. The number of nitrogens with one attached hydrogen (secondary N) is 1. The van der Waals surface area contributed by atoms with Crippen molar-refractivity contribution in [2.45, 2.75) is 12.8 Å². The van der Waals surface area contributed by atoms with Gasteiger partial charge in [0.1, 0.15) is 6.61 Å². The Morgan fingerprint density at radius 3 is 2.74 bits per heavy atom. The minimum Gasteiger partial charge on any atom is -0.493 e. The van der Waals surface area contributed by atoms with Crippen LogP contribution in [0.4, 0.5) is 13.2 Å². The zero-order valence-corrected chi connectivity index (χ0v) is 20.7. The molecule has 2 aliphatic rings. The van der Waals surface area contributed by atoms with Gasteiger partial charge in [-0.2, -0.15) is 33.5 Å². The summed E-state index contributed by atoms with van der Waals surface area (Å²) in [5.41, 5.74) is 1.38. The van der Waals surface area contributed by atoms with Gasteiger partial charge in [-0.1, -0.05) is 18.2 Å². The minimum atomic E-state index is -4.72. The van der Waals surface area contributed by atoms with Crippen molar-refractivity contribution in [1.29, 1.82) is 10.7 Å². The topological polar surface area (TPSA) is 111 Å². The molecule has 0 unspecified atom stereocenters. The molecule has 13 heteroatoms. The number of carbonyl (C=O) groups excluding carboxylic acids is 1. The van der Waals surface area contributed by atoms with E-state index in [9.17, 15) is 23.2 Å². The van der Waals surface area contributed by atoms with Crippen LogP contribution in [0.5, 0.6) is 11.5 Å². The van der Waals surface area contributed by atoms with Crippen molar-refractivity contribution in [2.24, 2.45) is 10.1 Å². The van der Waals surface area contributed by atoms with Crippen LogP contribution in [-0.2, 0) is 11.4 Å². The van der Waals surface area contributed by atoms with E-state index in [1.807, 2.05) is 22.6 Å². The zero-order chi connectivity index (χ0) is 25.3. The molecule has 0 spiro atoms. The highest BCUT2D eigenvalue weighted by Crippen LogP contribution is 2.37. The van der Waals surface area contributed by atoms with Crippen LogP contribution in [0, 0.1) is 20.3 Å². The lowest BCUT2D eigenvalue weighted by molar-refractivity contribution is -0.114. The molecular formula is C22H13F3IN5O3S. The van der Waals surface area contributed by atoms with Gasteiger partial charge in [-0.15, -0.1) is 0 Å². The second kappa shape index (κ2) is 9.70. The molecule has 2 aromatic carbocycles. The number of methoxy groups -OCH3 is 1. The van der Waals surface area contributed by atoms with Crippen molar-refractivity contribution in [3.8, 4) is 17.6 Å². The lowest BCUT2D eigenvalue weighted by Crippen LogP contribution is -2.35. The maximum absolute atomic E-state index is 13.0. The van der Waals surface area contributed by atoms with Gasteiger partial charge >= 0.3 is 6.18 Å². The number of thioether (sulfide) groups is 1. The third kappa shape index (κ3) is 5.03. The Hall–Kier alpha value is -3.38. The zero-order valence-electron chi connectivity index (χ0n) is 17.7. The van der Waals surface area contributed by atoms with Crippen molar-refractivity contribution >= 4 is 62.4 Å². The Balaban J connectivity index is 1.63. The van der Waals surface area contributed by atoms with Crippen LogP contribution in [0.25, 0.3) is 6.08 Å². The molecule has 178 valence electrons. The van der Waals surface area contributed by atoms with E-state index >= 15 is 0 Å². The van der Waals surface area contributed by atoms with Crippen LogP contribution in [0.15, 0.2) is 52.1 Å². The summed E-state index contributed by atoms with van der Waals surface area (Å²) in [6, 6.07) is 12.3. The van der Waals surface area contributed by atoms with Crippen molar-refractivity contribution in [3.63, 3.8) is 0 Å². The molecule has 4 rings (SSSR count). The second-order valence-electron chi connectivity index (χ2n) is 7.01. The van der Waals surface area contributed by atoms with Gasteiger partial charge in [0, 0.05) is 5.56 Å². The molecule has 0 bridgehead atoms. The standard InChI is InChI=1S/C22H13F3IN5O3S/c1-33-16-8-11(7-15(26)17(16)34-10-13-5-3-2-4-12(13)9-27)6-14-18(28)31-21(29-19(14)32)35-20(30-31)22(23,24)25/h2-8,28H,10H2,1H3/b14-6+,28-18?. The molecule has 35 heavy (non-hydrogen) atoms. The molecule has 2 aliphatic heterocycles. The number of rotatable bonds is 5. The van der Waals surface area contributed by atoms with E-state index in [4.69, 9.17) is 14.9 Å². The van der Waals surface area contributed by atoms with Gasteiger partial charge < -0.3 is 9.47 Å². The number of halogens is 4. The second-order valence-corrected chi connectivity index (χ2v) is 9.13. The van der Waals surface area contributed by atoms with Crippen molar-refractivity contribution < 1.29 is 27.4 Å². The van der Waals surface area contributed by atoms with Crippen molar-refractivity contribution in [1.82, 2.24) is 5.01 Å². The number of fused-ring (bicyclic) bond motifs is 1. The summed E-state index contributed by atoms with van der Waals surface area (Å²) in [6.45, 7) is 0.114. The first kappa shape index (κ1) is 24.7. The minimum absolute atomic E-state index is 0.114. The predicted molar refractivity (Wildman–Crippen MR) is 132 cm³/mol. The van der Waals surface area contributed by atoms with Crippen LogP contribution >= 0.6 is 34.4 Å². The highest BCUT2D eigenvalue weighted by atomic mass is 127. The number of benzene rings is 2. The van der Waals surface area contributed by atoms with Gasteiger partial charge in [-0.05, 0) is 64.2 Å². The summed E-state index contributed by atoms with van der Waals surface area (Å²) >= 11 is 2.20. The molecule has 0 aromatic heterocycles. The maximum atomic E-state index is 13.0. The number of ether oxygens (including phenoxy) is 2. The van der Waals surface area contributed by atoms with E-state index < -0.39 is 23.0 Å². The van der Waals surface area contributed by atoms with Gasteiger partial charge in [-0.3, -0.25) is 10.2 Å². The fraction of sp³-hybridized carbons (Fsp3) is 0.136. The van der Waals surface area contributed by atoms with E-state index in [1.54, 1.807) is 36.4 Å². The normalized spacial score (nSPS) is 16.6. The summed E-state index contributed by atoms with van der Waals surface area (Å²) < 4.78 is 50.9. The van der Waals surface area contributed by atoms with Crippen molar-refractivity contribution in [3.05, 3.63) is 62.2 Å². The molecule has 0 aliphatic carbocycles. The maximum Gasteiger partial charge on any atom is 0.441 e. The van der Waals surface area contributed by atoms with Crippen LogP contribution in [-0.4, -0.2) is 40.2 Å². The monoisotopic (exact) mass is 611 g/mol. The number of carbonyl (C=O) groups is 1. The fourth-order valence-corrected chi connectivity index (χ4v) is 4.68. The summed E-state index contributed by atoms with van der Waals surface area (Å²) in [6.07, 6.45) is -3.39. The Morgan fingerprint density at radius 2 is 2.06 bits per heavy atom. The van der Waals surface area contributed by atoms with Gasteiger partial charge in [0.2, 0.25) is 10.2 Å². The number of aliphatic imine (C=N–C) groups is 1. The average Bonchev–Trinajstić information content (AvgIpc) is 3.25. The first-order valence-corrected chi connectivity index (χ1v) is 11.6. The van der Waals surface area contributed by atoms with Crippen molar-refractivity contribution in [2.75, 3.05) is 7.11 Å². The molecule has 1 amide bonds. The number of nitrogens with zero attached hydrogens (tertiary/aromatic N) is 4. The first-order chi connectivity index (χ1) is 16.6. The van der Waals surface area contributed by atoms with E-state index in [2.05, 4.69) is 16.2 Å². The van der Waals surface area contributed by atoms with Gasteiger partial charge in [-0.25, -0.2) is 0 Å². The Labute approximate surface area is 214 Å². The number of nitriles is 1. The average molecular weight is 611 g/mol. The van der Waals surface area contributed by atoms with E-state index in [0.29, 0.717) is 36.8 Å². The molecule has 1 N–H and O–H groups in total. The summed E-state index contributed by atoms with van der Waals surface area (Å²) in [5.74, 6) is -0.640. The van der Waals surface area contributed by atoms with Crippen LogP contribution in [0.1, 0.15) is 16.7 Å². The predicted octanol–water partition coefficient (Wildman–Crippen LogP) is 4.93. The molecule has 0 atom stereocenters. The number of hydrogen-bond acceptors (Lipinski definition) is 7. The van der Waals surface area contributed by atoms with E-state index in [0.717, 1.165) is 0 Å². The highest BCUT2D eigenvalue weighted by molar-refractivity contribution is 14.1. The first-order valence-electron chi connectivity index (χ1n) is 9.68. The molecule has 0 fully saturated rings. The number of hydrogen-bond donors (Lipinski definition) is 1. The Kier molecular flexibility index (Phi) is 6.86. The smallest absolute Gasteiger partial charge is 0.441 e. The SMILES string of the molecule is COc1cc(/C=C2\C(=N)N3N=C(C(F)(F)F)SC3=NC2=O)cc(I)c1OCc1ccccc1C#N. The number of amides is 1. The fourth-order valence-electron chi connectivity index (χ4n) is 3.14. The molecule has 8 nitrogen and oxygen atoms in total. The number of alkyl halides is 3. The molecular weight excluding hydrogens is 598 g/mol. The number of amidine groups is 2. The molecule has 2 aromatic rings. The van der Waals surface area contributed by atoms with Gasteiger partial charge in [0.25, 0.3) is 5.91 Å². The largest absolute Gasteiger partial charge is 0.493 e. The molecule has 0 saturated carbocycles. The Bertz CT molecular complexity index is 1380. The summed E-state index contributed by atoms with van der Waals surface area (Å²) in [7, 11) is 1.43. The van der Waals surface area contributed by atoms with Crippen LogP contribution in [0.2, 0.25) is 0 Å².